The molecule has 2 aliphatic heterocycles. The van der Waals surface area contributed by atoms with E-state index in [0.29, 0.717) is 24.8 Å². The van der Waals surface area contributed by atoms with Crippen molar-refractivity contribution in [3.05, 3.63) is 35.7 Å². The van der Waals surface area contributed by atoms with Gasteiger partial charge in [0.25, 0.3) is 0 Å². The fraction of sp³-hybridized carbons (Fsp3) is 0.444. The van der Waals surface area contributed by atoms with Gasteiger partial charge < -0.3 is 26.0 Å². The van der Waals surface area contributed by atoms with Crippen LogP contribution in [0.1, 0.15) is 24.1 Å². The lowest BCUT2D eigenvalue weighted by Crippen LogP contribution is -2.41. The van der Waals surface area contributed by atoms with Crippen molar-refractivity contribution in [3.8, 4) is 11.4 Å². The van der Waals surface area contributed by atoms with Gasteiger partial charge in [-0.3, -0.25) is 0 Å². The minimum atomic E-state index is -0.442. The van der Waals surface area contributed by atoms with E-state index < -0.39 is 6.03 Å². The van der Waals surface area contributed by atoms with Crippen molar-refractivity contribution in [3.63, 3.8) is 0 Å². The van der Waals surface area contributed by atoms with E-state index in [9.17, 15) is 9.90 Å². The molecule has 0 spiro atoms. The molecule has 1 aromatic carbocycles. The number of rotatable bonds is 3. The highest BCUT2D eigenvalue weighted by Gasteiger charge is 2.26. The number of aromatic hydroxyl groups is 1. The summed E-state index contributed by atoms with van der Waals surface area (Å²) in [6.45, 7) is 2.93. The van der Waals surface area contributed by atoms with E-state index in [1.54, 1.807) is 15.6 Å². The molecule has 1 saturated heterocycles. The van der Waals surface area contributed by atoms with E-state index in [1.165, 1.54) is 0 Å². The molecule has 0 bridgehead atoms. The molecule has 2 amide bonds. The van der Waals surface area contributed by atoms with Gasteiger partial charge in [0.05, 0.1) is 18.8 Å². The van der Waals surface area contributed by atoms with Crippen LogP contribution in [0.2, 0.25) is 0 Å². The van der Waals surface area contributed by atoms with E-state index in [4.69, 9.17) is 5.73 Å². The number of nitrogens with zero attached hydrogens (tertiary/aromatic N) is 4. The number of piperidine rings is 1. The molecule has 0 aliphatic carbocycles. The molecule has 4 N–H and O–H groups in total. The summed E-state index contributed by atoms with van der Waals surface area (Å²) in [5, 5.41) is 18.4. The number of nitrogens with two attached hydrogens (primary N) is 1. The number of fused-ring (bicyclic) bond motifs is 1. The third-order valence-electron chi connectivity index (χ3n) is 5.36. The summed E-state index contributed by atoms with van der Waals surface area (Å²) in [6, 6.07) is 5.73. The molecule has 1 fully saturated rings. The van der Waals surface area contributed by atoms with Gasteiger partial charge in [0.1, 0.15) is 11.4 Å². The van der Waals surface area contributed by atoms with Crippen LogP contribution in [-0.4, -0.2) is 52.0 Å². The van der Waals surface area contributed by atoms with Crippen LogP contribution in [0.4, 0.5) is 10.5 Å². The van der Waals surface area contributed by atoms with E-state index in [2.05, 4.69) is 22.4 Å². The van der Waals surface area contributed by atoms with E-state index in [0.717, 1.165) is 42.9 Å². The number of aromatic nitrogens is 2. The molecule has 0 saturated carbocycles. The lowest BCUT2D eigenvalue weighted by Gasteiger charge is -2.33. The summed E-state index contributed by atoms with van der Waals surface area (Å²) in [5.74, 6) is 0.191. The van der Waals surface area contributed by atoms with Crippen LogP contribution < -0.4 is 16.0 Å². The number of hydrogen-bond acceptors (Lipinski definition) is 5. The Balaban J connectivity index is 1.54. The molecule has 0 atom stereocenters. The van der Waals surface area contributed by atoms with Gasteiger partial charge in [-0.15, -0.1) is 0 Å². The average molecular weight is 356 g/mol. The Morgan fingerprint density at radius 3 is 2.77 bits per heavy atom. The molecule has 0 radical (unpaired) electrons. The molecule has 8 nitrogen and oxygen atoms in total. The van der Waals surface area contributed by atoms with E-state index in [1.807, 2.05) is 18.3 Å². The van der Waals surface area contributed by atoms with E-state index in [-0.39, 0.29) is 5.75 Å². The highest BCUT2D eigenvalue weighted by molar-refractivity contribution is 5.72. The van der Waals surface area contributed by atoms with Crippen molar-refractivity contribution < 1.29 is 9.90 Å². The van der Waals surface area contributed by atoms with Crippen LogP contribution in [-0.2, 0) is 13.1 Å². The van der Waals surface area contributed by atoms with Crippen LogP contribution in [0.15, 0.2) is 24.4 Å². The minimum Gasteiger partial charge on any atom is -0.506 e. The number of amides is 2. The molecule has 4 rings (SSSR count). The molecule has 1 aromatic heterocycles. The molecule has 2 aromatic rings. The second-order valence-corrected chi connectivity index (χ2v) is 7.00. The molecular weight excluding hydrogens is 332 g/mol. The topological polar surface area (TPSA) is 99.7 Å². The summed E-state index contributed by atoms with van der Waals surface area (Å²) in [5.41, 5.74) is 8.73. The van der Waals surface area contributed by atoms with Gasteiger partial charge in [-0.1, -0.05) is 0 Å². The predicted molar refractivity (Wildman–Crippen MR) is 98.4 cm³/mol. The van der Waals surface area contributed by atoms with Crippen molar-refractivity contribution in [2.45, 2.75) is 32.0 Å². The number of carbonyl (C=O) groups excluding carboxylic acids is 1. The highest BCUT2D eigenvalue weighted by atomic mass is 16.3. The molecule has 2 aliphatic rings. The Kier molecular flexibility index (Phi) is 4.20. The zero-order chi connectivity index (χ0) is 18.3. The van der Waals surface area contributed by atoms with Crippen LogP contribution in [0, 0.1) is 0 Å². The maximum atomic E-state index is 11.3. The molecular formula is C18H24N6O2. The Morgan fingerprint density at radius 2 is 2.12 bits per heavy atom. The third-order valence-corrected chi connectivity index (χ3v) is 5.36. The highest BCUT2D eigenvalue weighted by Crippen LogP contribution is 2.31. The van der Waals surface area contributed by atoms with Crippen molar-refractivity contribution in [1.29, 1.82) is 0 Å². The molecule has 3 heterocycles. The second-order valence-electron chi connectivity index (χ2n) is 7.00. The summed E-state index contributed by atoms with van der Waals surface area (Å²) in [7, 11) is 2.07. The number of nitrogens with one attached hydrogen (secondary N) is 1. The van der Waals surface area contributed by atoms with E-state index >= 15 is 0 Å². The number of carbonyl (C=O) groups is 1. The van der Waals surface area contributed by atoms with Gasteiger partial charge in [-0.2, -0.15) is 5.10 Å². The first kappa shape index (κ1) is 16.7. The number of anilines is 1. The summed E-state index contributed by atoms with van der Waals surface area (Å²) >= 11 is 0. The van der Waals surface area contributed by atoms with Crippen molar-refractivity contribution in [2.75, 3.05) is 25.0 Å². The smallest absolute Gasteiger partial charge is 0.315 e. The van der Waals surface area contributed by atoms with Crippen molar-refractivity contribution in [2.24, 2.45) is 5.73 Å². The largest absolute Gasteiger partial charge is 0.506 e. The number of benzene rings is 1. The van der Waals surface area contributed by atoms with Crippen LogP contribution in [0.5, 0.6) is 5.75 Å². The predicted octanol–water partition coefficient (Wildman–Crippen LogP) is 1.16. The lowest BCUT2D eigenvalue weighted by atomic mass is 10.0. The number of urea groups is 1. The van der Waals surface area contributed by atoms with Gasteiger partial charge >= 0.3 is 6.03 Å². The van der Waals surface area contributed by atoms with Crippen molar-refractivity contribution >= 4 is 11.7 Å². The third kappa shape index (κ3) is 2.96. The summed E-state index contributed by atoms with van der Waals surface area (Å²) < 4.78 is 1.67. The second kappa shape index (κ2) is 6.53. The Labute approximate surface area is 152 Å². The van der Waals surface area contributed by atoms with Gasteiger partial charge in [-0.25, -0.2) is 9.48 Å². The quantitative estimate of drug-likeness (QED) is 0.766. The maximum Gasteiger partial charge on any atom is 0.315 e. The Bertz CT molecular complexity index is 804. The van der Waals surface area contributed by atoms with Crippen LogP contribution in [0.3, 0.4) is 0 Å². The number of phenolic OH excluding ortho intramolecular Hbond substituents is 1. The zero-order valence-corrected chi connectivity index (χ0v) is 14.9. The molecule has 138 valence electrons. The maximum absolute atomic E-state index is 11.3. The Morgan fingerprint density at radius 1 is 1.35 bits per heavy atom. The summed E-state index contributed by atoms with van der Waals surface area (Å²) in [4.78, 5) is 15.0. The van der Waals surface area contributed by atoms with Gasteiger partial charge in [0, 0.05) is 36.6 Å². The van der Waals surface area contributed by atoms with Crippen LogP contribution in [0.25, 0.3) is 5.69 Å². The monoisotopic (exact) mass is 356 g/mol. The lowest BCUT2D eigenvalue weighted by molar-refractivity contribution is 0.207. The minimum absolute atomic E-state index is 0.191. The summed E-state index contributed by atoms with van der Waals surface area (Å²) in [6.07, 6.45) is 4.05. The first-order chi connectivity index (χ1) is 12.5. The Hall–Kier alpha value is -2.74. The first-order valence-electron chi connectivity index (χ1n) is 8.91. The number of primary amides is 1. The van der Waals surface area contributed by atoms with Gasteiger partial charge in [0.15, 0.2) is 0 Å². The fourth-order valence-corrected chi connectivity index (χ4v) is 3.76. The fourth-order valence-electron chi connectivity index (χ4n) is 3.76. The molecule has 8 heteroatoms. The van der Waals surface area contributed by atoms with Gasteiger partial charge in [-0.05, 0) is 38.1 Å². The number of phenols is 1. The SMILES string of the molecule is CN(c1ccc(-n2cc3c(n2)CN(C(N)=O)C3)c(O)c1)C1CCNCC1. The standard InChI is InChI=1S/C18H24N6O2/c1-22(13-4-6-20-7-5-13)14-2-3-16(17(25)8-14)24-10-12-9-23(18(19)26)11-15(12)21-24/h2-3,8,10,13,20,25H,4-7,9,11H2,1H3,(H2,19,26). The zero-order valence-electron chi connectivity index (χ0n) is 14.9. The van der Waals surface area contributed by atoms with Crippen LogP contribution >= 0.6 is 0 Å². The normalized spacial score (nSPS) is 17.3. The van der Waals surface area contributed by atoms with Gasteiger partial charge in [0.2, 0.25) is 0 Å². The van der Waals surface area contributed by atoms with Crippen molar-refractivity contribution in [1.82, 2.24) is 20.0 Å². The number of hydrogen-bond donors (Lipinski definition) is 3. The molecule has 0 unspecified atom stereocenters. The average Bonchev–Trinajstić information content (AvgIpc) is 3.21. The molecule has 26 heavy (non-hydrogen) atoms. The first-order valence-corrected chi connectivity index (χ1v) is 8.91.